The molecule has 0 bridgehead atoms. The molecule has 0 saturated heterocycles. The molecule has 1 atom stereocenters. The molecule has 0 aliphatic rings. The first-order valence-corrected chi connectivity index (χ1v) is 6.18. The summed E-state index contributed by atoms with van der Waals surface area (Å²) >= 11 is 0. The summed E-state index contributed by atoms with van der Waals surface area (Å²) < 4.78 is 4.98. The number of amides is 1. The third-order valence-electron chi connectivity index (χ3n) is 2.61. The Balaban J connectivity index is 2.80. The maximum absolute atomic E-state index is 12.0. The Morgan fingerprint density at radius 2 is 2.26 bits per heavy atom. The Kier molecular flexibility index (Phi) is 6.07. The van der Waals surface area contributed by atoms with Crippen molar-refractivity contribution >= 4 is 5.91 Å². The fourth-order valence-corrected chi connectivity index (χ4v) is 1.69. The van der Waals surface area contributed by atoms with Gasteiger partial charge in [0.1, 0.15) is 0 Å². The minimum absolute atomic E-state index is 0.0190. The van der Waals surface area contributed by atoms with Gasteiger partial charge in [-0.15, -0.1) is 0 Å². The van der Waals surface area contributed by atoms with Crippen LogP contribution in [0.25, 0.3) is 0 Å². The molecular weight excluding hydrogens is 240 g/mol. The molecule has 0 aliphatic heterocycles. The zero-order chi connectivity index (χ0) is 14.3. The van der Waals surface area contributed by atoms with E-state index in [0.717, 1.165) is 11.1 Å². The molecule has 0 aromatic heterocycles. The number of nitrogens with two attached hydrogens (primary N) is 1. The summed E-state index contributed by atoms with van der Waals surface area (Å²) in [6.07, 6.45) is 0. The highest BCUT2D eigenvalue weighted by Crippen LogP contribution is 2.10. The quantitative estimate of drug-likeness (QED) is 0.796. The lowest BCUT2D eigenvalue weighted by Crippen LogP contribution is -2.35. The van der Waals surface area contributed by atoms with Gasteiger partial charge in [-0.2, -0.15) is 0 Å². The van der Waals surface area contributed by atoms with Gasteiger partial charge >= 0.3 is 0 Å². The molecule has 19 heavy (non-hydrogen) atoms. The molecule has 4 heteroatoms. The van der Waals surface area contributed by atoms with Crippen LogP contribution in [0.15, 0.2) is 18.2 Å². The predicted molar refractivity (Wildman–Crippen MR) is 75.9 cm³/mol. The van der Waals surface area contributed by atoms with Crippen LogP contribution in [0, 0.1) is 18.8 Å². The van der Waals surface area contributed by atoms with Crippen LogP contribution in [-0.4, -0.2) is 32.2 Å². The summed E-state index contributed by atoms with van der Waals surface area (Å²) in [5.74, 6) is 5.67. The molecule has 4 nitrogen and oxygen atoms in total. The molecule has 1 rings (SSSR count). The van der Waals surface area contributed by atoms with Crippen molar-refractivity contribution in [3.05, 3.63) is 34.9 Å². The van der Waals surface area contributed by atoms with Crippen LogP contribution in [-0.2, 0) is 4.74 Å². The molecular formula is C15H20N2O2. The summed E-state index contributed by atoms with van der Waals surface area (Å²) in [5, 5.41) is 2.87. The second kappa shape index (κ2) is 7.57. The number of methoxy groups -OCH3 is 1. The van der Waals surface area contributed by atoms with Gasteiger partial charge < -0.3 is 15.8 Å². The van der Waals surface area contributed by atoms with Crippen LogP contribution in [0.3, 0.4) is 0 Å². The molecule has 0 fully saturated rings. The molecule has 0 aliphatic carbocycles. The molecule has 1 amide bonds. The second-order valence-corrected chi connectivity index (χ2v) is 4.37. The molecule has 0 radical (unpaired) electrons. The number of carbonyl (C=O) groups excluding carboxylic acids is 1. The first-order valence-electron chi connectivity index (χ1n) is 6.18. The Morgan fingerprint density at radius 1 is 1.53 bits per heavy atom. The maximum Gasteiger partial charge on any atom is 0.251 e. The number of rotatable bonds is 4. The highest BCUT2D eigenvalue weighted by atomic mass is 16.5. The first kappa shape index (κ1) is 15.2. The third kappa shape index (κ3) is 4.74. The zero-order valence-electron chi connectivity index (χ0n) is 11.6. The van der Waals surface area contributed by atoms with Crippen LogP contribution in [0.4, 0.5) is 0 Å². The lowest BCUT2D eigenvalue weighted by atomic mass is 10.0. The lowest BCUT2D eigenvalue weighted by molar-refractivity contribution is 0.0905. The number of hydrogen-bond acceptors (Lipinski definition) is 3. The number of carbonyl (C=O) groups is 1. The highest BCUT2D eigenvalue weighted by Gasteiger charge is 2.10. The van der Waals surface area contributed by atoms with Crippen molar-refractivity contribution in [2.24, 2.45) is 5.73 Å². The van der Waals surface area contributed by atoms with Crippen molar-refractivity contribution in [3.8, 4) is 11.8 Å². The lowest BCUT2D eigenvalue weighted by Gasteiger charge is -2.13. The van der Waals surface area contributed by atoms with Gasteiger partial charge in [-0.1, -0.05) is 11.8 Å². The van der Waals surface area contributed by atoms with Gasteiger partial charge in [-0.25, -0.2) is 0 Å². The number of benzene rings is 1. The summed E-state index contributed by atoms with van der Waals surface area (Å²) in [7, 11) is 1.61. The molecule has 0 saturated carbocycles. The average Bonchev–Trinajstić information content (AvgIpc) is 2.37. The molecule has 0 heterocycles. The summed E-state index contributed by atoms with van der Waals surface area (Å²) in [4.78, 5) is 12.0. The van der Waals surface area contributed by atoms with Gasteiger partial charge in [0.25, 0.3) is 5.91 Å². The van der Waals surface area contributed by atoms with E-state index in [9.17, 15) is 4.79 Å². The minimum atomic E-state index is -0.106. The van der Waals surface area contributed by atoms with E-state index in [1.165, 1.54) is 0 Å². The molecule has 1 aromatic rings. The van der Waals surface area contributed by atoms with E-state index in [1.807, 2.05) is 26.0 Å². The molecule has 0 spiro atoms. The van der Waals surface area contributed by atoms with E-state index in [4.69, 9.17) is 10.5 Å². The van der Waals surface area contributed by atoms with Crippen LogP contribution >= 0.6 is 0 Å². The second-order valence-electron chi connectivity index (χ2n) is 4.37. The molecule has 102 valence electrons. The number of ether oxygens (including phenoxy) is 1. The van der Waals surface area contributed by atoms with Crippen molar-refractivity contribution in [1.82, 2.24) is 5.32 Å². The largest absolute Gasteiger partial charge is 0.383 e. The highest BCUT2D eigenvalue weighted by molar-refractivity contribution is 5.94. The van der Waals surface area contributed by atoms with Crippen LogP contribution < -0.4 is 11.1 Å². The fourth-order valence-electron chi connectivity index (χ4n) is 1.69. The number of hydrogen-bond donors (Lipinski definition) is 2. The predicted octanol–water partition coefficient (Wildman–Crippen LogP) is 1.07. The van der Waals surface area contributed by atoms with Gasteiger partial charge in [0.15, 0.2) is 0 Å². The Bertz CT molecular complexity index is 501. The monoisotopic (exact) mass is 260 g/mol. The van der Waals surface area contributed by atoms with E-state index in [-0.39, 0.29) is 11.9 Å². The van der Waals surface area contributed by atoms with E-state index >= 15 is 0 Å². The van der Waals surface area contributed by atoms with E-state index < -0.39 is 0 Å². The van der Waals surface area contributed by atoms with Gasteiger partial charge in [-0.3, -0.25) is 4.79 Å². The van der Waals surface area contributed by atoms with Gasteiger partial charge in [0.2, 0.25) is 0 Å². The topological polar surface area (TPSA) is 64.3 Å². The molecule has 1 unspecified atom stereocenters. The van der Waals surface area contributed by atoms with Crippen LogP contribution in [0.1, 0.15) is 28.4 Å². The Hall–Kier alpha value is -1.83. The standard InChI is InChI=1S/C15H20N2O2/c1-11-9-14(7-6-13(11)5-4-8-16)15(18)17-12(2)10-19-3/h6-7,9,12H,8,10,16H2,1-3H3,(H,17,18). The summed E-state index contributed by atoms with van der Waals surface area (Å²) in [6.45, 7) is 4.65. The third-order valence-corrected chi connectivity index (χ3v) is 2.61. The molecule has 1 aromatic carbocycles. The van der Waals surface area contributed by atoms with Crippen molar-refractivity contribution in [1.29, 1.82) is 0 Å². The van der Waals surface area contributed by atoms with Crippen LogP contribution in [0.2, 0.25) is 0 Å². The van der Waals surface area contributed by atoms with Crippen molar-refractivity contribution < 1.29 is 9.53 Å². The van der Waals surface area contributed by atoms with Gasteiger partial charge in [0.05, 0.1) is 13.2 Å². The fraction of sp³-hybridized carbons (Fsp3) is 0.400. The first-order chi connectivity index (χ1) is 9.08. The Morgan fingerprint density at radius 3 is 2.84 bits per heavy atom. The molecule has 3 N–H and O–H groups in total. The van der Waals surface area contributed by atoms with E-state index in [1.54, 1.807) is 13.2 Å². The summed E-state index contributed by atoms with van der Waals surface area (Å²) in [6, 6.07) is 5.42. The number of nitrogens with one attached hydrogen (secondary N) is 1. The van der Waals surface area contributed by atoms with Gasteiger partial charge in [-0.05, 0) is 37.6 Å². The van der Waals surface area contributed by atoms with Crippen molar-refractivity contribution in [2.75, 3.05) is 20.3 Å². The normalized spacial score (nSPS) is 11.4. The maximum atomic E-state index is 12.0. The SMILES string of the molecule is COCC(C)NC(=O)c1ccc(C#CCN)c(C)c1. The average molecular weight is 260 g/mol. The zero-order valence-corrected chi connectivity index (χ0v) is 11.6. The van der Waals surface area contributed by atoms with Crippen LogP contribution in [0.5, 0.6) is 0 Å². The number of aryl methyl sites for hydroxylation is 1. The van der Waals surface area contributed by atoms with E-state index in [2.05, 4.69) is 17.2 Å². The Labute approximate surface area is 114 Å². The smallest absolute Gasteiger partial charge is 0.251 e. The minimum Gasteiger partial charge on any atom is -0.383 e. The van der Waals surface area contributed by atoms with Crippen molar-refractivity contribution in [2.45, 2.75) is 19.9 Å². The van der Waals surface area contributed by atoms with E-state index in [0.29, 0.717) is 18.7 Å². The van der Waals surface area contributed by atoms with Crippen molar-refractivity contribution in [3.63, 3.8) is 0 Å². The summed E-state index contributed by atoms with van der Waals surface area (Å²) in [5.41, 5.74) is 7.82. The van der Waals surface area contributed by atoms with Gasteiger partial charge in [0, 0.05) is 24.3 Å².